The first-order chi connectivity index (χ1) is 18.6. The van der Waals surface area contributed by atoms with Crippen LogP contribution in [0.15, 0.2) is 103 Å². The Morgan fingerprint density at radius 1 is 0.974 bits per heavy atom. The highest BCUT2D eigenvalue weighted by atomic mass is 16.4. The third-order valence-electron chi connectivity index (χ3n) is 7.83. The summed E-state index contributed by atoms with van der Waals surface area (Å²) < 4.78 is 0. The molecule has 1 saturated heterocycles. The van der Waals surface area contributed by atoms with Gasteiger partial charge in [-0.2, -0.15) is 0 Å². The van der Waals surface area contributed by atoms with Gasteiger partial charge in [-0.3, -0.25) is 4.90 Å². The zero-order valence-electron chi connectivity index (χ0n) is 22.0. The summed E-state index contributed by atoms with van der Waals surface area (Å²) in [6.45, 7) is 6.24. The standard InChI is InChI=1S/C34H36N2O2/c1-25(31-13-7-11-29-10-5-6-12-33(29)31)35-22-30-24-36(21-20-32(30)28-8-3-2-4-9-28)23-27-16-14-26(15-17-27)18-19-34(37)38/h2-19,25,30,32,35H,20-24H2,1H3,(H,37,38)/b19-18+. The number of benzene rings is 4. The molecule has 0 aromatic heterocycles. The lowest BCUT2D eigenvalue weighted by atomic mass is 9.80. The van der Waals surface area contributed by atoms with Crippen LogP contribution in [-0.2, 0) is 11.3 Å². The Bertz CT molecular complexity index is 1380. The number of rotatable bonds is 9. The predicted molar refractivity (Wildman–Crippen MR) is 156 cm³/mol. The molecule has 0 radical (unpaired) electrons. The molecule has 0 spiro atoms. The van der Waals surface area contributed by atoms with Gasteiger partial charge in [-0.05, 0) is 70.8 Å². The molecule has 4 nitrogen and oxygen atoms in total. The van der Waals surface area contributed by atoms with Crippen LogP contribution in [-0.4, -0.2) is 35.6 Å². The monoisotopic (exact) mass is 504 g/mol. The van der Waals surface area contributed by atoms with E-state index in [4.69, 9.17) is 5.11 Å². The van der Waals surface area contributed by atoms with Crippen LogP contribution in [0.5, 0.6) is 0 Å². The Morgan fingerprint density at radius 3 is 2.50 bits per heavy atom. The molecule has 3 atom stereocenters. The van der Waals surface area contributed by atoms with Gasteiger partial charge in [0.2, 0.25) is 0 Å². The third kappa shape index (κ3) is 6.39. The molecule has 3 unspecified atom stereocenters. The Kier molecular flexibility index (Phi) is 8.32. The average Bonchev–Trinajstić information content (AvgIpc) is 2.96. The molecule has 4 aromatic carbocycles. The number of nitrogens with one attached hydrogen (secondary N) is 1. The topological polar surface area (TPSA) is 52.6 Å². The van der Waals surface area contributed by atoms with Crippen molar-refractivity contribution in [3.63, 3.8) is 0 Å². The molecule has 4 aromatic rings. The van der Waals surface area contributed by atoms with Gasteiger partial charge in [0.05, 0.1) is 0 Å². The molecule has 38 heavy (non-hydrogen) atoms. The first kappa shape index (κ1) is 25.9. The van der Waals surface area contributed by atoms with E-state index < -0.39 is 5.97 Å². The van der Waals surface area contributed by atoms with Crippen LogP contribution in [0.25, 0.3) is 16.8 Å². The zero-order valence-corrected chi connectivity index (χ0v) is 22.0. The number of hydrogen-bond donors (Lipinski definition) is 2. The number of aliphatic carboxylic acids is 1. The number of carbonyl (C=O) groups is 1. The van der Waals surface area contributed by atoms with Crippen LogP contribution in [0.2, 0.25) is 0 Å². The predicted octanol–water partition coefficient (Wildman–Crippen LogP) is 6.89. The van der Waals surface area contributed by atoms with Crippen LogP contribution < -0.4 is 5.32 Å². The molecular weight excluding hydrogens is 468 g/mol. The summed E-state index contributed by atoms with van der Waals surface area (Å²) in [6, 6.07) is 34.7. The molecule has 0 saturated carbocycles. The number of hydrogen-bond acceptors (Lipinski definition) is 3. The van der Waals surface area contributed by atoms with Gasteiger partial charge in [0, 0.05) is 31.8 Å². The Hall–Kier alpha value is -3.73. The van der Waals surface area contributed by atoms with E-state index in [2.05, 4.69) is 102 Å². The fraction of sp³-hybridized carbons (Fsp3) is 0.265. The van der Waals surface area contributed by atoms with Crippen molar-refractivity contribution >= 4 is 22.8 Å². The fourth-order valence-corrected chi connectivity index (χ4v) is 5.82. The number of piperidine rings is 1. The van der Waals surface area contributed by atoms with Crippen molar-refractivity contribution in [1.29, 1.82) is 0 Å². The summed E-state index contributed by atoms with van der Waals surface area (Å²) in [6.07, 6.45) is 3.95. The minimum atomic E-state index is -0.926. The van der Waals surface area contributed by atoms with E-state index in [1.54, 1.807) is 6.08 Å². The second-order valence-corrected chi connectivity index (χ2v) is 10.4. The first-order valence-corrected chi connectivity index (χ1v) is 13.5. The second-order valence-electron chi connectivity index (χ2n) is 10.4. The van der Waals surface area contributed by atoms with E-state index in [9.17, 15) is 4.79 Å². The van der Waals surface area contributed by atoms with E-state index in [0.29, 0.717) is 11.8 Å². The van der Waals surface area contributed by atoms with Crippen LogP contribution in [0.1, 0.15) is 47.6 Å². The molecule has 0 bridgehead atoms. The van der Waals surface area contributed by atoms with Crippen molar-refractivity contribution in [3.8, 4) is 0 Å². The van der Waals surface area contributed by atoms with Crippen molar-refractivity contribution < 1.29 is 9.90 Å². The van der Waals surface area contributed by atoms with Crippen LogP contribution >= 0.6 is 0 Å². The maximum Gasteiger partial charge on any atom is 0.328 e. The van der Waals surface area contributed by atoms with Gasteiger partial charge in [0.1, 0.15) is 0 Å². The lowest BCUT2D eigenvalue weighted by molar-refractivity contribution is -0.131. The zero-order chi connectivity index (χ0) is 26.3. The molecule has 0 amide bonds. The van der Waals surface area contributed by atoms with Crippen LogP contribution in [0, 0.1) is 5.92 Å². The summed E-state index contributed by atoms with van der Waals surface area (Å²) in [5, 5.41) is 15.4. The number of fused-ring (bicyclic) bond motifs is 1. The number of nitrogens with zero attached hydrogens (tertiary/aromatic N) is 1. The average molecular weight is 505 g/mol. The van der Waals surface area contributed by atoms with Crippen molar-refractivity contribution in [1.82, 2.24) is 10.2 Å². The lowest BCUT2D eigenvalue weighted by Gasteiger charge is -2.39. The fourth-order valence-electron chi connectivity index (χ4n) is 5.82. The molecule has 5 rings (SSSR count). The highest BCUT2D eigenvalue weighted by Gasteiger charge is 2.30. The van der Waals surface area contributed by atoms with Crippen molar-refractivity contribution in [2.75, 3.05) is 19.6 Å². The summed E-state index contributed by atoms with van der Waals surface area (Å²) in [5.74, 6) is 0.106. The van der Waals surface area contributed by atoms with Crippen molar-refractivity contribution in [3.05, 3.63) is 125 Å². The van der Waals surface area contributed by atoms with E-state index >= 15 is 0 Å². The molecule has 0 aliphatic carbocycles. The van der Waals surface area contributed by atoms with Gasteiger partial charge in [-0.1, -0.05) is 97.1 Å². The van der Waals surface area contributed by atoms with E-state index in [-0.39, 0.29) is 6.04 Å². The quantitative estimate of drug-likeness (QED) is 0.244. The Morgan fingerprint density at radius 2 is 1.71 bits per heavy atom. The summed E-state index contributed by atoms with van der Waals surface area (Å²) >= 11 is 0. The molecule has 1 aliphatic rings. The largest absolute Gasteiger partial charge is 0.478 e. The highest BCUT2D eigenvalue weighted by Crippen LogP contribution is 2.34. The second kappa shape index (κ2) is 12.2. The van der Waals surface area contributed by atoms with Gasteiger partial charge in [-0.25, -0.2) is 4.79 Å². The minimum absolute atomic E-state index is 0.263. The van der Waals surface area contributed by atoms with Crippen molar-refractivity contribution in [2.45, 2.75) is 31.8 Å². The van der Waals surface area contributed by atoms with Gasteiger partial charge in [0.15, 0.2) is 0 Å². The SMILES string of the molecule is CC(NCC1CN(Cc2ccc(/C=C/C(=O)O)cc2)CCC1c1ccccc1)c1cccc2ccccc12. The van der Waals surface area contributed by atoms with Gasteiger partial charge in [0.25, 0.3) is 0 Å². The van der Waals surface area contributed by atoms with Gasteiger partial charge >= 0.3 is 5.97 Å². The van der Waals surface area contributed by atoms with E-state index in [1.165, 1.54) is 33.5 Å². The van der Waals surface area contributed by atoms with E-state index in [0.717, 1.165) is 38.2 Å². The molecule has 1 aliphatic heterocycles. The van der Waals surface area contributed by atoms with Gasteiger partial charge < -0.3 is 10.4 Å². The molecule has 194 valence electrons. The molecule has 2 N–H and O–H groups in total. The third-order valence-corrected chi connectivity index (χ3v) is 7.83. The Balaban J connectivity index is 1.29. The summed E-state index contributed by atoms with van der Waals surface area (Å²) in [7, 11) is 0. The number of carboxylic acids is 1. The maximum atomic E-state index is 10.8. The van der Waals surface area contributed by atoms with Crippen LogP contribution in [0.3, 0.4) is 0 Å². The number of likely N-dealkylation sites (tertiary alicyclic amines) is 1. The summed E-state index contributed by atoms with van der Waals surface area (Å²) in [4.78, 5) is 13.4. The maximum absolute atomic E-state index is 10.8. The normalized spacial score (nSPS) is 19.1. The molecule has 1 fully saturated rings. The Labute approximate surface area is 225 Å². The molecule has 4 heteroatoms. The number of carboxylic acid groups (broad SMARTS) is 1. The molecular formula is C34H36N2O2. The van der Waals surface area contributed by atoms with E-state index in [1.807, 2.05) is 12.1 Å². The van der Waals surface area contributed by atoms with Crippen LogP contribution in [0.4, 0.5) is 0 Å². The van der Waals surface area contributed by atoms with Gasteiger partial charge in [-0.15, -0.1) is 0 Å². The lowest BCUT2D eigenvalue weighted by Crippen LogP contribution is -2.43. The minimum Gasteiger partial charge on any atom is -0.478 e. The van der Waals surface area contributed by atoms with Crippen molar-refractivity contribution in [2.24, 2.45) is 5.92 Å². The first-order valence-electron chi connectivity index (χ1n) is 13.5. The highest BCUT2D eigenvalue weighted by molar-refractivity contribution is 5.86. The smallest absolute Gasteiger partial charge is 0.328 e. The summed E-state index contributed by atoms with van der Waals surface area (Å²) in [5.41, 5.74) is 4.95. The molecule has 1 heterocycles.